The van der Waals surface area contributed by atoms with Crippen LogP contribution in [-0.2, 0) is 27.4 Å². The summed E-state index contributed by atoms with van der Waals surface area (Å²) in [5.74, 6) is -0.591. The molecule has 136 valence electrons. The molecule has 0 aliphatic heterocycles. The van der Waals surface area contributed by atoms with Crippen molar-refractivity contribution in [1.82, 2.24) is 10.6 Å². The maximum absolute atomic E-state index is 12.0. The van der Waals surface area contributed by atoms with Gasteiger partial charge in [-0.3, -0.25) is 9.59 Å². The SMILES string of the molecule is CC(=O)C(Cc1ccccc1)NC(=O)CNC(=O)OCc1ccccc1. The number of Topliss-reactive ketones (excluding diaryl/α,β-unsaturated/α-hetero) is 1. The van der Waals surface area contributed by atoms with Gasteiger partial charge >= 0.3 is 6.09 Å². The summed E-state index contributed by atoms with van der Waals surface area (Å²) in [6.45, 7) is 1.29. The number of carbonyl (C=O) groups is 3. The molecule has 2 rings (SSSR count). The first-order valence-corrected chi connectivity index (χ1v) is 8.33. The van der Waals surface area contributed by atoms with E-state index in [2.05, 4.69) is 10.6 Å². The van der Waals surface area contributed by atoms with Gasteiger partial charge in [-0.2, -0.15) is 0 Å². The lowest BCUT2D eigenvalue weighted by Crippen LogP contribution is -2.46. The lowest BCUT2D eigenvalue weighted by Gasteiger charge is -2.16. The molecule has 0 fully saturated rings. The number of benzene rings is 2. The van der Waals surface area contributed by atoms with Gasteiger partial charge in [-0.05, 0) is 24.5 Å². The first kappa shape index (κ1) is 19.2. The van der Waals surface area contributed by atoms with Gasteiger partial charge in [0.15, 0.2) is 5.78 Å². The predicted octanol–water partition coefficient (Wildman–Crippen LogP) is 2.23. The smallest absolute Gasteiger partial charge is 0.407 e. The van der Waals surface area contributed by atoms with E-state index in [9.17, 15) is 14.4 Å². The van der Waals surface area contributed by atoms with Crippen molar-refractivity contribution in [2.75, 3.05) is 6.54 Å². The second-order valence-electron chi connectivity index (χ2n) is 5.84. The van der Waals surface area contributed by atoms with Gasteiger partial charge < -0.3 is 15.4 Å². The molecule has 1 unspecified atom stereocenters. The number of alkyl carbamates (subject to hydrolysis) is 1. The van der Waals surface area contributed by atoms with Crippen molar-refractivity contribution in [2.45, 2.75) is 26.0 Å². The number of ketones is 1. The molecule has 0 heterocycles. The van der Waals surface area contributed by atoms with E-state index in [0.717, 1.165) is 11.1 Å². The lowest BCUT2D eigenvalue weighted by atomic mass is 10.0. The van der Waals surface area contributed by atoms with Crippen LogP contribution in [0, 0.1) is 0 Å². The Balaban J connectivity index is 1.75. The van der Waals surface area contributed by atoms with E-state index >= 15 is 0 Å². The fraction of sp³-hybridized carbons (Fsp3) is 0.250. The van der Waals surface area contributed by atoms with E-state index in [1.54, 1.807) is 0 Å². The Morgan fingerprint density at radius 1 is 0.923 bits per heavy atom. The van der Waals surface area contributed by atoms with Crippen LogP contribution in [0.1, 0.15) is 18.1 Å². The summed E-state index contributed by atoms with van der Waals surface area (Å²) >= 11 is 0. The van der Waals surface area contributed by atoms with Gasteiger partial charge in [-0.15, -0.1) is 0 Å². The minimum absolute atomic E-state index is 0.123. The molecule has 0 saturated heterocycles. The van der Waals surface area contributed by atoms with Crippen LogP contribution in [0.15, 0.2) is 60.7 Å². The van der Waals surface area contributed by atoms with Crippen LogP contribution in [0.5, 0.6) is 0 Å². The molecule has 2 amide bonds. The van der Waals surface area contributed by atoms with Crippen LogP contribution in [0.25, 0.3) is 0 Å². The minimum Gasteiger partial charge on any atom is -0.445 e. The van der Waals surface area contributed by atoms with Crippen molar-refractivity contribution in [3.8, 4) is 0 Å². The van der Waals surface area contributed by atoms with Gasteiger partial charge in [0.2, 0.25) is 5.91 Å². The van der Waals surface area contributed by atoms with Crippen molar-refractivity contribution in [3.05, 3.63) is 71.8 Å². The van der Waals surface area contributed by atoms with Crippen molar-refractivity contribution < 1.29 is 19.1 Å². The fourth-order valence-corrected chi connectivity index (χ4v) is 2.32. The quantitative estimate of drug-likeness (QED) is 0.761. The second-order valence-corrected chi connectivity index (χ2v) is 5.84. The van der Waals surface area contributed by atoms with Gasteiger partial charge in [0, 0.05) is 0 Å². The van der Waals surface area contributed by atoms with Gasteiger partial charge in [0.25, 0.3) is 0 Å². The number of ether oxygens (including phenoxy) is 1. The topological polar surface area (TPSA) is 84.5 Å². The number of hydrogen-bond acceptors (Lipinski definition) is 4. The maximum Gasteiger partial charge on any atom is 0.407 e. The van der Waals surface area contributed by atoms with Crippen LogP contribution < -0.4 is 10.6 Å². The number of amides is 2. The Hall–Kier alpha value is -3.15. The molecule has 0 radical (unpaired) electrons. The molecule has 0 aliphatic carbocycles. The Morgan fingerprint density at radius 2 is 1.50 bits per heavy atom. The zero-order valence-corrected chi connectivity index (χ0v) is 14.6. The standard InChI is InChI=1S/C20H22N2O4/c1-15(23)18(12-16-8-4-2-5-9-16)22-19(24)13-21-20(25)26-14-17-10-6-3-7-11-17/h2-11,18H,12-14H2,1H3,(H,21,25)(H,22,24). The first-order chi connectivity index (χ1) is 12.5. The molecule has 6 nitrogen and oxygen atoms in total. The number of carbonyl (C=O) groups excluding carboxylic acids is 3. The molecule has 6 heteroatoms. The normalized spacial score (nSPS) is 11.3. The predicted molar refractivity (Wildman–Crippen MR) is 97.4 cm³/mol. The van der Waals surface area contributed by atoms with Crippen LogP contribution in [0.2, 0.25) is 0 Å². The van der Waals surface area contributed by atoms with Gasteiger partial charge in [-0.1, -0.05) is 60.7 Å². The monoisotopic (exact) mass is 354 g/mol. The minimum atomic E-state index is -0.688. The third-order valence-electron chi connectivity index (χ3n) is 3.71. The zero-order chi connectivity index (χ0) is 18.8. The average Bonchev–Trinajstić information content (AvgIpc) is 2.66. The van der Waals surface area contributed by atoms with Crippen LogP contribution >= 0.6 is 0 Å². The number of hydrogen-bond donors (Lipinski definition) is 2. The molecular formula is C20H22N2O4. The number of rotatable bonds is 8. The molecule has 0 saturated carbocycles. The van der Waals surface area contributed by atoms with Crippen LogP contribution in [0.4, 0.5) is 4.79 Å². The van der Waals surface area contributed by atoms with Gasteiger partial charge in [0.05, 0.1) is 6.04 Å². The Labute approximate surface area is 152 Å². The van der Waals surface area contributed by atoms with E-state index in [0.29, 0.717) is 6.42 Å². The summed E-state index contributed by atoms with van der Waals surface area (Å²) in [4.78, 5) is 35.4. The van der Waals surface area contributed by atoms with E-state index in [-0.39, 0.29) is 18.9 Å². The lowest BCUT2D eigenvalue weighted by molar-refractivity contribution is -0.126. The molecule has 0 bridgehead atoms. The zero-order valence-electron chi connectivity index (χ0n) is 14.6. The summed E-state index contributed by atoms with van der Waals surface area (Å²) in [5, 5.41) is 5.01. The Morgan fingerprint density at radius 3 is 2.08 bits per heavy atom. The highest BCUT2D eigenvalue weighted by atomic mass is 16.5. The second kappa shape index (κ2) is 9.98. The van der Waals surface area contributed by atoms with Crippen molar-refractivity contribution >= 4 is 17.8 Å². The summed E-state index contributed by atoms with van der Waals surface area (Å²) in [6.07, 6.45) is -0.285. The first-order valence-electron chi connectivity index (χ1n) is 8.33. The maximum atomic E-state index is 12.0. The molecule has 0 aliphatic rings. The van der Waals surface area contributed by atoms with E-state index < -0.39 is 18.0 Å². The van der Waals surface area contributed by atoms with E-state index in [4.69, 9.17) is 4.74 Å². The van der Waals surface area contributed by atoms with E-state index in [1.165, 1.54) is 6.92 Å². The highest BCUT2D eigenvalue weighted by molar-refractivity contribution is 5.89. The van der Waals surface area contributed by atoms with Crippen molar-refractivity contribution in [3.63, 3.8) is 0 Å². The molecule has 26 heavy (non-hydrogen) atoms. The van der Waals surface area contributed by atoms with Crippen LogP contribution in [0.3, 0.4) is 0 Å². The summed E-state index contributed by atoms with van der Waals surface area (Å²) < 4.78 is 5.03. The van der Waals surface area contributed by atoms with Gasteiger partial charge in [-0.25, -0.2) is 4.79 Å². The van der Waals surface area contributed by atoms with E-state index in [1.807, 2.05) is 60.7 Å². The van der Waals surface area contributed by atoms with Crippen LogP contribution in [-0.4, -0.2) is 30.4 Å². The summed E-state index contributed by atoms with van der Waals surface area (Å²) in [7, 11) is 0. The molecular weight excluding hydrogens is 332 g/mol. The molecule has 2 aromatic rings. The largest absolute Gasteiger partial charge is 0.445 e. The molecule has 2 aromatic carbocycles. The highest BCUT2D eigenvalue weighted by Gasteiger charge is 2.18. The average molecular weight is 354 g/mol. The number of nitrogens with one attached hydrogen (secondary N) is 2. The highest BCUT2D eigenvalue weighted by Crippen LogP contribution is 2.04. The van der Waals surface area contributed by atoms with Gasteiger partial charge in [0.1, 0.15) is 13.2 Å². The molecule has 0 spiro atoms. The third-order valence-corrected chi connectivity index (χ3v) is 3.71. The summed E-state index contributed by atoms with van der Waals surface area (Å²) in [5.41, 5.74) is 1.80. The Bertz CT molecular complexity index is 732. The molecule has 2 N–H and O–H groups in total. The van der Waals surface area contributed by atoms with Crippen molar-refractivity contribution in [1.29, 1.82) is 0 Å². The molecule has 0 aromatic heterocycles. The Kier molecular flexibility index (Phi) is 7.36. The fourth-order valence-electron chi connectivity index (χ4n) is 2.32. The van der Waals surface area contributed by atoms with Crippen molar-refractivity contribution in [2.24, 2.45) is 0 Å². The summed E-state index contributed by atoms with van der Waals surface area (Å²) in [6, 6.07) is 18.0. The third kappa shape index (κ3) is 6.76. The molecule has 1 atom stereocenters.